The minimum Gasteiger partial charge on any atom is -0.492 e. The van der Waals surface area contributed by atoms with Crippen molar-refractivity contribution in [3.63, 3.8) is 0 Å². The first-order valence-electron chi connectivity index (χ1n) is 11.8. The molecule has 0 fully saturated rings. The number of ether oxygens (including phenoxy) is 2. The number of fused-ring (bicyclic) bond motifs is 1. The van der Waals surface area contributed by atoms with Crippen LogP contribution in [0.5, 0.6) is 5.75 Å². The highest BCUT2D eigenvalue weighted by Gasteiger charge is 2.32. The van der Waals surface area contributed by atoms with Gasteiger partial charge < -0.3 is 14.8 Å². The third-order valence-corrected chi connectivity index (χ3v) is 6.28. The zero-order valence-corrected chi connectivity index (χ0v) is 21.1. The first-order valence-corrected chi connectivity index (χ1v) is 11.8. The van der Waals surface area contributed by atoms with Crippen LogP contribution >= 0.6 is 0 Å². The molecule has 1 unspecified atom stereocenters. The standard InChI is InChI=1S/C28H37NO4/c1-8-32-24(31)13-12-20-10-9-11-21(14-20)22-16-33-27-18(3)17(2)26(19(4)25(22)27)29-23(30)15-28(5,6)7/h9-11,14,22H,8,12-13,15-16H2,1-7H3,(H,29,30). The topological polar surface area (TPSA) is 64.6 Å². The van der Waals surface area contributed by atoms with Crippen LogP contribution in [-0.4, -0.2) is 25.1 Å². The number of esters is 1. The molecule has 5 heteroatoms. The van der Waals surface area contributed by atoms with Crippen LogP contribution in [0.1, 0.15) is 79.8 Å². The monoisotopic (exact) mass is 451 g/mol. The molecule has 0 aromatic heterocycles. The maximum atomic E-state index is 12.7. The zero-order valence-electron chi connectivity index (χ0n) is 21.1. The van der Waals surface area contributed by atoms with E-state index in [0.29, 0.717) is 32.5 Å². The minimum atomic E-state index is -0.171. The molecule has 0 spiro atoms. The molecule has 1 heterocycles. The number of carbonyl (C=O) groups excluding carboxylic acids is 2. The molecule has 33 heavy (non-hydrogen) atoms. The third-order valence-electron chi connectivity index (χ3n) is 6.28. The molecule has 0 radical (unpaired) electrons. The average Bonchev–Trinajstić information content (AvgIpc) is 3.18. The van der Waals surface area contributed by atoms with Gasteiger partial charge in [-0.05, 0) is 67.3 Å². The molecular formula is C28H37NO4. The number of aryl methyl sites for hydroxylation is 1. The van der Waals surface area contributed by atoms with Gasteiger partial charge in [-0.25, -0.2) is 0 Å². The Labute approximate surface area is 197 Å². The number of amides is 1. The summed E-state index contributed by atoms with van der Waals surface area (Å²) >= 11 is 0. The molecule has 0 bridgehead atoms. The van der Waals surface area contributed by atoms with Crippen LogP contribution in [0.4, 0.5) is 5.69 Å². The number of benzene rings is 2. The van der Waals surface area contributed by atoms with Crippen LogP contribution in [-0.2, 0) is 20.7 Å². The normalized spacial score (nSPS) is 15.1. The Kier molecular flexibility index (Phi) is 7.51. The Bertz CT molecular complexity index is 1050. The van der Waals surface area contributed by atoms with E-state index in [9.17, 15) is 9.59 Å². The zero-order chi connectivity index (χ0) is 24.3. The fraction of sp³-hybridized carbons (Fsp3) is 0.500. The van der Waals surface area contributed by atoms with Crippen molar-refractivity contribution in [3.8, 4) is 5.75 Å². The second-order valence-electron chi connectivity index (χ2n) is 10.2. The summed E-state index contributed by atoms with van der Waals surface area (Å²) in [7, 11) is 0. The van der Waals surface area contributed by atoms with Crippen molar-refractivity contribution in [1.82, 2.24) is 0 Å². The van der Waals surface area contributed by atoms with Crippen molar-refractivity contribution in [2.45, 2.75) is 73.6 Å². The van der Waals surface area contributed by atoms with Gasteiger partial charge in [-0.15, -0.1) is 0 Å². The van der Waals surface area contributed by atoms with E-state index in [1.54, 1.807) is 0 Å². The fourth-order valence-corrected chi connectivity index (χ4v) is 4.56. The van der Waals surface area contributed by atoms with Gasteiger partial charge in [0.15, 0.2) is 0 Å². The predicted octanol–water partition coefficient (Wildman–Crippen LogP) is 6.01. The molecular weight excluding hydrogens is 414 g/mol. The Morgan fingerprint density at radius 1 is 1.12 bits per heavy atom. The van der Waals surface area contributed by atoms with Gasteiger partial charge >= 0.3 is 5.97 Å². The number of rotatable bonds is 7. The Morgan fingerprint density at radius 2 is 1.85 bits per heavy atom. The maximum absolute atomic E-state index is 12.7. The molecule has 1 amide bonds. The van der Waals surface area contributed by atoms with Crippen LogP contribution < -0.4 is 10.1 Å². The van der Waals surface area contributed by atoms with Crippen LogP contribution in [0.15, 0.2) is 24.3 Å². The number of hydrogen-bond acceptors (Lipinski definition) is 4. The number of anilines is 1. The summed E-state index contributed by atoms with van der Waals surface area (Å²) in [6, 6.07) is 8.36. The Balaban J connectivity index is 1.92. The summed E-state index contributed by atoms with van der Waals surface area (Å²) in [4.78, 5) is 24.5. The summed E-state index contributed by atoms with van der Waals surface area (Å²) in [5.74, 6) is 0.875. The molecule has 2 aromatic rings. The SMILES string of the molecule is CCOC(=O)CCc1cccc(C2COc3c(C)c(C)c(NC(=O)CC(C)(C)C)c(C)c32)c1. The van der Waals surface area contributed by atoms with Crippen LogP contribution in [0.25, 0.3) is 0 Å². The van der Waals surface area contributed by atoms with E-state index < -0.39 is 0 Å². The molecule has 0 saturated carbocycles. The molecule has 178 valence electrons. The lowest BCUT2D eigenvalue weighted by Crippen LogP contribution is -2.21. The van der Waals surface area contributed by atoms with Crippen LogP contribution in [0.2, 0.25) is 0 Å². The first-order chi connectivity index (χ1) is 15.5. The number of carbonyl (C=O) groups is 2. The van der Waals surface area contributed by atoms with E-state index in [1.165, 1.54) is 0 Å². The van der Waals surface area contributed by atoms with Gasteiger partial charge in [0.1, 0.15) is 5.75 Å². The van der Waals surface area contributed by atoms with E-state index in [0.717, 1.165) is 44.8 Å². The van der Waals surface area contributed by atoms with Crippen molar-refractivity contribution in [3.05, 3.63) is 57.6 Å². The quantitative estimate of drug-likeness (QED) is 0.524. The second-order valence-corrected chi connectivity index (χ2v) is 10.2. The van der Waals surface area contributed by atoms with E-state index in [2.05, 4.69) is 52.1 Å². The largest absolute Gasteiger partial charge is 0.492 e. The maximum Gasteiger partial charge on any atom is 0.306 e. The number of nitrogens with one attached hydrogen (secondary N) is 1. The van der Waals surface area contributed by atoms with Crippen molar-refractivity contribution in [2.24, 2.45) is 5.41 Å². The van der Waals surface area contributed by atoms with Gasteiger partial charge in [0, 0.05) is 30.0 Å². The first kappa shape index (κ1) is 24.8. The van der Waals surface area contributed by atoms with Gasteiger partial charge in [0.25, 0.3) is 0 Å². The van der Waals surface area contributed by atoms with Gasteiger partial charge in [-0.1, -0.05) is 45.0 Å². The van der Waals surface area contributed by atoms with E-state index in [-0.39, 0.29) is 23.2 Å². The van der Waals surface area contributed by atoms with E-state index in [4.69, 9.17) is 9.47 Å². The molecule has 1 atom stereocenters. The minimum absolute atomic E-state index is 0.0319. The molecule has 3 rings (SSSR count). The molecule has 1 aliphatic rings. The number of hydrogen-bond donors (Lipinski definition) is 1. The van der Waals surface area contributed by atoms with E-state index in [1.807, 2.05) is 26.0 Å². The van der Waals surface area contributed by atoms with Crippen molar-refractivity contribution in [2.75, 3.05) is 18.5 Å². The van der Waals surface area contributed by atoms with Crippen LogP contribution in [0.3, 0.4) is 0 Å². The summed E-state index contributed by atoms with van der Waals surface area (Å²) in [6.07, 6.45) is 1.48. The smallest absolute Gasteiger partial charge is 0.306 e. The lowest BCUT2D eigenvalue weighted by molar-refractivity contribution is -0.143. The Morgan fingerprint density at radius 3 is 2.52 bits per heavy atom. The fourth-order valence-electron chi connectivity index (χ4n) is 4.56. The molecule has 1 aliphatic heterocycles. The average molecular weight is 452 g/mol. The van der Waals surface area contributed by atoms with Crippen molar-refractivity contribution in [1.29, 1.82) is 0 Å². The molecule has 1 N–H and O–H groups in total. The molecule has 0 saturated heterocycles. The lowest BCUT2D eigenvalue weighted by Gasteiger charge is -2.22. The summed E-state index contributed by atoms with van der Waals surface area (Å²) in [5.41, 5.74) is 7.42. The van der Waals surface area contributed by atoms with Gasteiger partial charge in [-0.2, -0.15) is 0 Å². The highest BCUT2D eigenvalue weighted by Crippen LogP contribution is 2.47. The summed E-state index contributed by atoms with van der Waals surface area (Å²) in [5, 5.41) is 3.19. The summed E-state index contributed by atoms with van der Waals surface area (Å²) < 4.78 is 11.2. The van der Waals surface area contributed by atoms with E-state index >= 15 is 0 Å². The second kappa shape index (κ2) is 9.98. The van der Waals surface area contributed by atoms with Crippen molar-refractivity contribution >= 4 is 17.6 Å². The molecule has 0 aliphatic carbocycles. The highest BCUT2D eigenvalue weighted by atomic mass is 16.5. The Hall–Kier alpha value is -2.82. The van der Waals surface area contributed by atoms with Crippen LogP contribution in [0, 0.1) is 26.2 Å². The predicted molar refractivity (Wildman–Crippen MR) is 132 cm³/mol. The molecule has 2 aromatic carbocycles. The molecule has 5 nitrogen and oxygen atoms in total. The third kappa shape index (κ3) is 5.76. The van der Waals surface area contributed by atoms with Gasteiger partial charge in [-0.3, -0.25) is 9.59 Å². The van der Waals surface area contributed by atoms with Gasteiger partial charge in [0.05, 0.1) is 13.2 Å². The van der Waals surface area contributed by atoms with Crippen molar-refractivity contribution < 1.29 is 19.1 Å². The lowest BCUT2D eigenvalue weighted by atomic mass is 9.85. The summed E-state index contributed by atoms with van der Waals surface area (Å²) in [6.45, 7) is 15.2. The highest BCUT2D eigenvalue weighted by molar-refractivity contribution is 5.93. The van der Waals surface area contributed by atoms with Gasteiger partial charge in [0.2, 0.25) is 5.91 Å².